The largest absolute Gasteiger partial charge is 0.459 e. The number of rotatable bonds is 6. The minimum absolute atomic E-state index is 0.465. The van der Waals surface area contributed by atoms with E-state index in [0.717, 1.165) is 23.3 Å². The summed E-state index contributed by atoms with van der Waals surface area (Å²) in [5.41, 5.74) is 1.69. The van der Waals surface area contributed by atoms with Gasteiger partial charge >= 0.3 is 0 Å². The fourth-order valence-electron chi connectivity index (χ4n) is 2.17. The second kappa shape index (κ2) is 6.81. The van der Waals surface area contributed by atoms with Crippen LogP contribution in [0.4, 0.5) is 0 Å². The molecule has 0 unspecified atom stereocenters. The fraction of sp³-hybridized carbons (Fsp3) is 0.467. The summed E-state index contributed by atoms with van der Waals surface area (Å²) < 4.78 is 11.2. The lowest BCUT2D eigenvalue weighted by molar-refractivity contribution is 0.183. The smallest absolute Gasteiger partial charge is 0.137 e. The van der Waals surface area contributed by atoms with Crippen LogP contribution >= 0.6 is 23.2 Å². The van der Waals surface area contributed by atoms with Crippen molar-refractivity contribution < 1.29 is 9.15 Å². The van der Waals surface area contributed by atoms with Gasteiger partial charge in [0.25, 0.3) is 0 Å². The van der Waals surface area contributed by atoms with Gasteiger partial charge in [0.1, 0.15) is 11.3 Å². The number of hydrogen-bond acceptors (Lipinski definition) is 3. The fourth-order valence-corrected chi connectivity index (χ4v) is 2.76. The molecule has 1 N–H and O–H groups in total. The Labute approximate surface area is 129 Å². The first-order valence-electron chi connectivity index (χ1n) is 6.61. The number of halogens is 2. The Hall–Kier alpha value is -0.740. The van der Waals surface area contributed by atoms with Gasteiger partial charge in [-0.15, -0.1) is 0 Å². The highest BCUT2D eigenvalue weighted by atomic mass is 35.5. The first-order chi connectivity index (χ1) is 9.52. The summed E-state index contributed by atoms with van der Waals surface area (Å²) in [5.74, 6) is 1.44. The molecule has 1 aromatic heterocycles. The zero-order chi connectivity index (χ0) is 14.7. The van der Waals surface area contributed by atoms with E-state index in [1.54, 1.807) is 19.2 Å². The highest BCUT2D eigenvalue weighted by Gasteiger charge is 2.17. The zero-order valence-electron chi connectivity index (χ0n) is 11.9. The monoisotopic (exact) mass is 315 g/mol. The average molecular weight is 316 g/mol. The summed E-state index contributed by atoms with van der Waals surface area (Å²) in [5, 5.41) is 5.42. The number of benzene rings is 1. The van der Waals surface area contributed by atoms with E-state index in [4.69, 9.17) is 32.4 Å². The van der Waals surface area contributed by atoms with Gasteiger partial charge in [-0.3, -0.25) is 0 Å². The van der Waals surface area contributed by atoms with Gasteiger partial charge in [0.15, 0.2) is 0 Å². The average Bonchev–Trinajstić information content (AvgIpc) is 2.67. The van der Waals surface area contributed by atoms with E-state index in [1.165, 1.54) is 0 Å². The van der Waals surface area contributed by atoms with E-state index in [9.17, 15) is 0 Å². The molecule has 2 rings (SSSR count). The first kappa shape index (κ1) is 15.6. The Balaban J connectivity index is 2.37. The van der Waals surface area contributed by atoms with Crippen LogP contribution in [0.15, 0.2) is 16.5 Å². The van der Waals surface area contributed by atoms with Gasteiger partial charge in [-0.25, -0.2) is 0 Å². The third-order valence-corrected chi connectivity index (χ3v) is 3.53. The molecule has 0 fully saturated rings. The first-order valence-corrected chi connectivity index (χ1v) is 7.37. The van der Waals surface area contributed by atoms with E-state index < -0.39 is 0 Å². The summed E-state index contributed by atoms with van der Waals surface area (Å²) in [7, 11) is 1.66. The normalized spacial score (nSPS) is 11.7. The van der Waals surface area contributed by atoms with Crippen molar-refractivity contribution in [3.63, 3.8) is 0 Å². The summed E-state index contributed by atoms with van der Waals surface area (Å²) in [6.07, 6.45) is 0. The molecule has 0 radical (unpaired) electrons. The second-order valence-electron chi connectivity index (χ2n) is 5.22. The molecule has 0 saturated carbocycles. The van der Waals surface area contributed by atoms with Crippen LogP contribution in [-0.4, -0.2) is 13.7 Å². The minimum Gasteiger partial charge on any atom is -0.459 e. The summed E-state index contributed by atoms with van der Waals surface area (Å²) >= 11 is 12.3. The number of nitrogens with one attached hydrogen (secondary N) is 1. The van der Waals surface area contributed by atoms with E-state index >= 15 is 0 Å². The number of fused-ring (bicyclic) bond motifs is 1. The predicted octanol–water partition coefficient (Wildman–Crippen LogP) is 4.63. The quantitative estimate of drug-likeness (QED) is 0.843. The van der Waals surface area contributed by atoms with Crippen LogP contribution in [0.3, 0.4) is 0 Å². The summed E-state index contributed by atoms with van der Waals surface area (Å²) in [6, 6.07) is 3.51. The van der Waals surface area contributed by atoms with Gasteiger partial charge < -0.3 is 14.5 Å². The second-order valence-corrected chi connectivity index (χ2v) is 6.07. The minimum atomic E-state index is 0.465. The Kier molecular flexibility index (Phi) is 5.33. The van der Waals surface area contributed by atoms with Crippen molar-refractivity contribution in [2.45, 2.75) is 27.0 Å². The maximum atomic E-state index is 6.28. The Morgan fingerprint density at radius 1 is 1.30 bits per heavy atom. The van der Waals surface area contributed by atoms with Gasteiger partial charge in [-0.2, -0.15) is 0 Å². The van der Waals surface area contributed by atoms with E-state index in [1.807, 2.05) is 0 Å². The number of methoxy groups -OCH3 is 1. The molecule has 1 heterocycles. The highest BCUT2D eigenvalue weighted by molar-refractivity contribution is 6.38. The van der Waals surface area contributed by atoms with Crippen LogP contribution in [0.25, 0.3) is 11.0 Å². The molecule has 0 aliphatic rings. The maximum absolute atomic E-state index is 6.28. The molecular formula is C15H19Cl2NO2. The van der Waals surface area contributed by atoms with E-state index in [0.29, 0.717) is 34.7 Å². The number of furan rings is 1. The third kappa shape index (κ3) is 3.47. The van der Waals surface area contributed by atoms with Crippen LogP contribution < -0.4 is 5.32 Å². The molecule has 3 nitrogen and oxygen atoms in total. The van der Waals surface area contributed by atoms with E-state index in [-0.39, 0.29) is 0 Å². The number of ether oxygens (including phenoxy) is 1. The van der Waals surface area contributed by atoms with Crippen molar-refractivity contribution in [1.29, 1.82) is 0 Å². The van der Waals surface area contributed by atoms with Gasteiger partial charge in [-0.05, 0) is 18.5 Å². The molecule has 20 heavy (non-hydrogen) atoms. The topological polar surface area (TPSA) is 34.4 Å². The number of hydrogen-bond donors (Lipinski definition) is 1. The molecule has 0 saturated heterocycles. The Bertz CT molecular complexity index is 593. The molecule has 0 bridgehead atoms. The Morgan fingerprint density at radius 3 is 2.70 bits per heavy atom. The van der Waals surface area contributed by atoms with Gasteiger partial charge in [0.05, 0.1) is 18.2 Å². The molecule has 1 aromatic carbocycles. The molecule has 0 aliphatic heterocycles. The highest BCUT2D eigenvalue weighted by Crippen LogP contribution is 2.35. The van der Waals surface area contributed by atoms with Crippen LogP contribution in [0.5, 0.6) is 0 Å². The van der Waals surface area contributed by atoms with Crippen LogP contribution in [0.2, 0.25) is 10.0 Å². The van der Waals surface area contributed by atoms with Crippen LogP contribution in [0.1, 0.15) is 25.2 Å². The SMILES string of the molecule is COCc1c(CNCC(C)C)oc2cc(Cl)cc(Cl)c12. The van der Waals surface area contributed by atoms with Crippen LogP contribution in [-0.2, 0) is 17.9 Å². The molecule has 0 amide bonds. The lowest BCUT2D eigenvalue weighted by atomic mass is 10.1. The van der Waals surface area contributed by atoms with Gasteiger partial charge in [-0.1, -0.05) is 37.0 Å². The molecular weight excluding hydrogens is 297 g/mol. The molecule has 2 aromatic rings. The summed E-state index contributed by atoms with van der Waals surface area (Å²) in [6.45, 7) is 6.38. The van der Waals surface area contributed by atoms with E-state index in [2.05, 4.69) is 19.2 Å². The van der Waals surface area contributed by atoms with Crippen molar-refractivity contribution >= 4 is 34.2 Å². The lowest BCUT2D eigenvalue weighted by Gasteiger charge is -2.07. The predicted molar refractivity (Wildman–Crippen MR) is 83.5 cm³/mol. The van der Waals surface area contributed by atoms with Gasteiger partial charge in [0, 0.05) is 29.1 Å². The van der Waals surface area contributed by atoms with Crippen molar-refractivity contribution in [3.8, 4) is 0 Å². The van der Waals surface area contributed by atoms with Gasteiger partial charge in [0.2, 0.25) is 0 Å². The standard InChI is InChI=1S/C15H19Cl2NO2/c1-9(2)6-18-7-14-11(8-19-3)15-12(17)4-10(16)5-13(15)20-14/h4-5,9,18H,6-8H2,1-3H3. The van der Waals surface area contributed by atoms with Crippen molar-refractivity contribution in [3.05, 3.63) is 33.5 Å². The lowest BCUT2D eigenvalue weighted by Crippen LogP contribution is -2.19. The summed E-state index contributed by atoms with van der Waals surface area (Å²) in [4.78, 5) is 0. The third-order valence-electron chi connectivity index (χ3n) is 3.02. The zero-order valence-corrected chi connectivity index (χ0v) is 13.4. The molecule has 0 atom stereocenters. The maximum Gasteiger partial charge on any atom is 0.137 e. The van der Waals surface area contributed by atoms with Crippen molar-refractivity contribution in [1.82, 2.24) is 5.32 Å². The Morgan fingerprint density at radius 2 is 2.05 bits per heavy atom. The molecule has 0 spiro atoms. The molecule has 0 aliphatic carbocycles. The van der Waals surface area contributed by atoms with Crippen LogP contribution in [0, 0.1) is 5.92 Å². The van der Waals surface area contributed by atoms with Crippen molar-refractivity contribution in [2.24, 2.45) is 5.92 Å². The van der Waals surface area contributed by atoms with Crippen molar-refractivity contribution in [2.75, 3.05) is 13.7 Å². The molecule has 110 valence electrons. The molecule has 5 heteroatoms.